The summed E-state index contributed by atoms with van der Waals surface area (Å²) in [6.07, 6.45) is 3.03. The molecule has 406 valence electrons. The molecular weight excluding hydrogens is 991 g/mol. The van der Waals surface area contributed by atoms with Crippen LogP contribution in [-0.2, 0) is 38.4 Å². The number of unbranched alkanes of at least 4 members (excludes halogenated alkanes) is 1. The summed E-state index contributed by atoms with van der Waals surface area (Å²) < 4.78 is 0. The fourth-order valence-corrected chi connectivity index (χ4v) is 11.5. The highest BCUT2D eigenvalue weighted by molar-refractivity contribution is 8.00. The number of aliphatic hydroxyl groups is 1. The van der Waals surface area contributed by atoms with Crippen LogP contribution >= 0.6 is 11.8 Å². The topological polar surface area (TPSA) is 224 Å². The summed E-state index contributed by atoms with van der Waals surface area (Å²) in [6.45, 7) is 4.50. The molecule has 77 heavy (non-hydrogen) atoms. The van der Waals surface area contributed by atoms with Crippen molar-refractivity contribution in [2.75, 3.05) is 18.8 Å². The van der Waals surface area contributed by atoms with Crippen molar-refractivity contribution in [2.45, 2.75) is 120 Å². The van der Waals surface area contributed by atoms with E-state index in [1.165, 1.54) is 0 Å². The first-order chi connectivity index (χ1) is 37.3. The maximum atomic E-state index is 14.7. The smallest absolute Gasteiger partial charge is 0.315 e. The summed E-state index contributed by atoms with van der Waals surface area (Å²) in [5.74, 6) is -2.09. The highest BCUT2D eigenvalue weighted by Crippen LogP contribution is 2.33. The summed E-state index contributed by atoms with van der Waals surface area (Å²) in [6, 6.07) is 40.7. The number of thioether (sulfide) groups is 1. The van der Waals surface area contributed by atoms with Gasteiger partial charge >= 0.3 is 6.03 Å². The van der Waals surface area contributed by atoms with Crippen LogP contribution in [0.2, 0.25) is 0 Å². The van der Waals surface area contributed by atoms with E-state index < -0.39 is 53.8 Å². The number of fused-ring (bicyclic) bond motifs is 1. The second-order valence-electron chi connectivity index (χ2n) is 20.5. The molecule has 2 aliphatic rings. The first-order valence-corrected chi connectivity index (χ1v) is 28.0. The minimum atomic E-state index is -1.22. The van der Waals surface area contributed by atoms with Crippen LogP contribution < -0.4 is 37.2 Å². The zero-order valence-corrected chi connectivity index (χ0v) is 44.8. The number of urea groups is 1. The number of amides is 7. The van der Waals surface area contributed by atoms with Gasteiger partial charge in [0.15, 0.2) is 5.78 Å². The molecule has 0 aliphatic carbocycles. The molecule has 5 aromatic carbocycles. The van der Waals surface area contributed by atoms with E-state index in [4.69, 9.17) is 0 Å². The normalized spacial score (nSPS) is 17.6. The highest BCUT2D eigenvalue weighted by Gasteiger charge is 2.42. The lowest BCUT2D eigenvalue weighted by Crippen LogP contribution is -2.56. The Bertz CT molecular complexity index is 2720. The first-order valence-electron chi connectivity index (χ1n) is 26.9. The molecule has 2 saturated heterocycles. The predicted molar refractivity (Wildman–Crippen MR) is 300 cm³/mol. The number of ketones is 1. The minimum Gasteiger partial charge on any atom is -0.391 e. The summed E-state index contributed by atoms with van der Waals surface area (Å²) in [7, 11) is 0. The Morgan fingerprint density at radius 2 is 1.14 bits per heavy atom. The van der Waals surface area contributed by atoms with E-state index in [2.05, 4.69) is 37.2 Å². The van der Waals surface area contributed by atoms with Crippen molar-refractivity contribution in [3.05, 3.63) is 179 Å². The molecule has 2 aliphatic heterocycles. The quantitative estimate of drug-likeness (QED) is 0.0149. The summed E-state index contributed by atoms with van der Waals surface area (Å²) in [5, 5.41) is 33.3. The lowest BCUT2D eigenvalue weighted by Gasteiger charge is -2.29. The van der Waals surface area contributed by atoms with Gasteiger partial charge in [0, 0.05) is 59.5 Å². The van der Waals surface area contributed by atoms with Gasteiger partial charge < -0.3 is 42.3 Å². The number of hydrogen-bond acceptors (Lipinski definition) is 9. The van der Waals surface area contributed by atoms with Crippen molar-refractivity contribution >= 4 is 53.1 Å². The molecule has 0 saturated carbocycles. The Morgan fingerprint density at radius 3 is 1.78 bits per heavy atom. The van der Waals surface area contributed by atoms with Crippen LogP contribution in [0.1, 0.15) is 102 Å². The molecule has 2 fully saturated rings. The Labute approximate surface area is 456 Å². The summed E-state index contributed by atoms with van der Waals surface area (Å²) in [5.41, 5.74) is 3.76. The number of rotatable bonds is 29. The van der Waals surface area contributed by atoms with Gasteiger partial charge in [0.2, 0.25) is 23.6 Å². The Kier molecular flexibility index (Phi) is 21.8. The zero-order valence-electron chi connectivity index (χ0n) is 44.0. The van der Waals surface area contributed by atoms with Gasteiger partial charge in [-0.3, -0.25) is 28.8 Å². The summed E-state index contributed by atoms with van der Waals surface area (Å²) in [4.78, 5) is 94.4. The average Bonchev–Trinajstić information content (AvgIpc) is 4.00. The summed E-state index contributed by atoms with van der Waals surface area (Å²) >= 11 is 1.86. The van der Waals surface area contributed by atoms with Crippen molar-refractivity contribution < 1.29 is 38.7 Å². The van der Waals surface area contributed by atoms with Crippen molar-refractivity contribution in [3.63, 3.8) is 0 Å². The monoisotopic (exact) mass is 1060 g/mol. The van der Waals surface area contributed by atoms with Crippen LogP contribution in [0.3, 0.4) is 0 Å². The van der Waals surface area contributed by atoms with Crippen molar-refractivity contribution in [3.8, 4) is 0 Å². The van der Waals surface area contributed by atoms with E-state index >= 15 is 0 Å². The Hall–Kier alpha value is -7.30. The molecule has 5 aromatic rings. The van der Waals surface area contributed by atoms with Crippen LogP contribution in [-0.4, -0.2) is 107 Å². The highest BCUT2D eigenvalue weighted by atomic mass is 32.2. The van der Waals surface area contributed by atoms with Gasteiger partial charge in [0.05, 0.1) is 24.2 Å². The van der Waals surface area contributed by atoms with Crippen molar-refractivity contribution in [1.82, 2.24) is 37.2 Å². The molecule has 3 unspecified atom stereocenters. The van der Waals surface area contributed by atoms with Crippen LogP contribution in [0.5, 0.6) is 0 Å². The second-order valence-corrected chi connectivity index (χ2v) is 21.8. The standard InChI is InChI=1S/C61H73N7O8S/c1-40(2)34-49(60(75)66-50(37-43-22-11-5-12-23-43)59(74)63-33-17-32-62-54(70)27-16-15-26-53-55-51(39-77-53)67-61(76)68-55)65-58(73)47(35-41-18-7-3-8-19-41)38-52(69)48(36-42-20-9-4-10-21-42)64-57(72)46-30-28-45(29-31-46)56(71)44-24-13-6-14-25-44/h3-14,18-25,28-31,40,47-53,55,69H,15-17,26-27,32-39H2,1-2H3,(H,62,70)(H,63,74)(H,64,72)(H,65,73)(H,66,75)(H2,67,68,76)/t47-,48-,49-,50-,51?,52+,53?,55?/m0/s1. The molecule has 7 rings (SSSR count). The number of carbonyl (C=O) groups is 7. The fraction of sp³-hybridized carbons (Fsp3) is 0.393. The molecule has 0 bridgehead atoms. The van der Waals surface area contributed by atoms with E-state index in [0.717, 1.165) is 41.7 Å². The molecule has 0 radical (unpaired) electrons. The molecule has 15 nitrogen and oxygen atoms in total. The van der Waals surface area contributed by atoms with Crippen LogP contribution in [0.15, 0.2) is 146 Å². The molecule has 2 heterocycles. The fourth-order valence-electron chi connectivity index (χ4n) is 9.91. The third kappa shape index (κ3) is 17.9. The van der Waals surface area contributed by atoms with E-state index in [1.54, 1.807) is 48.5 Å². The number of carbonyl (C=O) groups excluding carboxylic acids is 7. The molecule has 8 atom stereocenters. The average molecular weight is 1060 g/mol. The van der Waals surface area contributed by atoms with Gasteiger partial charge in [0.25, 0.3) is 5.91 Å². The zero-order chi connectivity index (χ0) is 54.5. The molecule has 8 N–H and O–H groups in total. The lowest BCUT2D eigenvalue weighted by atomic mass is 9.88. The minimum absolute atomic E-state index is 0.0374. The number of hydrogen-bond donors (Lipinski definition) is 8. The van der Waals surface area contributed by atoms with Gasteiger partial charge in [-0.1, -0.05) is 154 Å². The SMILES string of the molecule is CC(C)C[C@H](NC(=O)[C@@H](Cc1ccccc1)C[C@@H](O)[C@H](Cc1ccccc1)NC(=O)c1ccc(C(=O)c2ccccc2)cc1)C(=O)N[C@@H](Cc1ccccc1)C(=O)NCCCNC(=O)CCCCC1SCC2NC(=O)NC21. The van der Waals surface area contributed by atoms with Gasteiger partial charge in [-0.15, -0.1) is 0 Å². The third-order valence-corrected chi connectivity index (χ3v) is 15.6. The predicted octanol–water partition coefficient (Wildman–Crippen LogP) is 6.48. The van der Waals surface area contributed by atoms with Crippen LogP contribution in [0, 0.1) is 11.8 Å². The third-order valence-electron chi connectivity index (χ3n) is 14.1. The largest absolute Gasteiger partial charge is 0.391 e. The molecule has 16 heteroatoms. The number of aliphatic hydroxyl groups excluding tert-OH is 1. The van der Waals surface area contributed by atoms with Crippen LogP contribution in [0.4, 0.5) is 4.79 Å². The molecule has 0 spiro atoms. The van der Waals surface area contributed by atoms with E-state index in [9.17, 15) is 38.7 Å². The molecule has 0 aromatic heterocycles. The molecular formula is C61H73N7O8S. The van der Waals surface area contributed by atoms with E-state index in [0.29, 0.717) is 41.3 Å². The van der Waals surface area contributed by atoms with Gasteiger partial charge in [0.1, 0.15) is 12.1 Å². The maximum Gasteiger partial charge on any atom is 0.315 e. The molecule has 7 amide bonds. The second kappa shape index (κ2) is 29.3. The van der Waals surface area contributed by atoms with Crippen molar-refractivity contribution in [1.29, 1.82) is 0 Å². The van der Waals surface area contributed by atoms with Crippen LogP contribution in [0.25, 0.3) is 0 Å². The number of nitrogens with one attached hydrogen (secondary N) is 7. The van der Waals surface area contributed by atoms with E-state index in [-0.39, 0.29) is 74.4 Å². The Balaban J connectivity index is 0.975. The Morgan fingerprint density at radius 1 is 0.584 bits per heavy atom. The van der Waals surface area contributed by atoms with Gasteiger partial charge in [-0.2, -0.15) is 11.8 Å². The lowest BCUT2D eigenvalue weighted by molar-refractivity contribution is -0.134. The number of benzene rings is 5. The van der Waals surface area contributed by atoms with Gasteiger partial charge in [-0.25, -0.2) is 4.79 Å². The first kappa shape index (κ1) is 57.4. The van der Waals surface area contributed by atoms with E-state index in [1.807, 2.05) is 123 Å². The maximum absolute atomic E-state index is 14.7. The van der Waals surface area contributed by atoms with Gasteiger partial charge in [-0.05, 0) is 79.7 Å². The van der Waals surface area contributed by atoms with Crippen molar-refractivity contribution in [2.24, 2.45) is 11.8 Å².